The van der Waals surface area contributed by atoms with Gasteiger partial charge in [-0.05, 0) is 46.5 Å². The van der Waals surface area contributed by atoms with Crippen LogP contribution in [0.1, 0.15) is 137 Å². The van der Waals surface area contributed by atoms with Gasteiger partial charge in [-0.3, -0.25) is 0 Å². The van der Waals surface area contributed by atoms with E-state index in [1.54, 1.807) is 0 Å². The summed E-state index contributed by atoms with van der Waals surface area (Å²) in [6.45, 7) is 19.3. The van der Waals surface area contributed by atoms with E-state index in [0.717, 1.165) is 11.0 Å². The van der Waals surface area contributed by atoms with E-state index in [9.17, 15) is 0 Å². The van der Waals surface area contributed by atoms with Crippen LogP contribution >= 0.6 is 17.0 Å². The molecule has 0 saturated carbocycles. The molecule has 0 bridgehead atoms. The topological polar surface area (TPSA) is 20.2 Å². The van der Waals surface area contributed by atoms with Gasteiger partial charge >= 0.3 is 0 Å². The predicted octanol–water partition coefficient (Wildman–Crippen LogP) is 2.79. The zero-order valence-corrected chi connectivity index (χ0v) is 29.0. The zero-order valence-electron chi connectivity index (χ0n) is 25.8. The lowest BCUT2D eigenvalue weighted by Gasteiger charge is -2.35. The van der Waals surface area contributed by atoms with Crippen LogP contribution < -0.4 is 24.8 Å². The maximum Gasteiger partial charge on any atom is 0.102 e. The fraction of sp³-hybridized carbons (Fsp3) is 1.00. The highest BCUT2D eigenvalue weighted by molar-refractivity contribution is 8.93. The van der Waals surface area contributed by atoms with E-state index >= 15 is 0 Å². The smallest absolute Gasteiger partial charge is 0.102 e. The fourth-order valence-electron chi connectivity index (χ4n) is 4.78. The molecular formula is C30H69BrCl2N2O. The maximum atomic E-state index is 8.91. The summed E-state index contributed by atoms with van der Waals surface area (Å²) in [5.74, 6) is 0. The van der Waals surface area contributed by atoms with Crippen molar-refractivity contribution in [2.24, 2.45) is 0 Å². The average Bonchev–Trinajstić information content (AvgIpc) is 2.81. The molecule has 0 unspecified atom stereocenters. The second-order valence-electron chi connectivity index (χ2n) is 11.1. The van der Waals surface area contributed by atoms with Crippen LogP contribution in [0.4, 0.5) is 0 Å². The standard InChI is InChI=1S/C16H36N.C14H32NO.BrH.2ClH/c1-5-9-10-11-12-13-14-15-16-17(6-2,7-3)8-4;1-4-5-6-7-8-9-10-11-12-15(2,3)13-14-16;;;/h5-16H2,1-4H3;16H,4-14H2,1-3H3;3*1H/q2*+1;;;/p-2. The van der Waals surface area contributed by atoms with Crippen LogP contribution in [0.3, 0.4) is 0 Å². The lowest BCUT2D eigenvalue weighted by molar-refractivity contribution is -0.923. The second-order valence-corrected chi connectivity index (χ2v) is 11.1. The van der Waals surface area contributed by atoms with E-state index in [1.165, 1.54) is 140 Å². The summed E-state index contributed by atoms with van der Waals surface area (Å²) in [5, 5.41) is 8.91. The van der Waals surface area contributed by atoms with Crippen molar-refractivity contribution in [1.29, 1.82) is 0 Å². The Morgan fingerprint density at radius 1 is 0.444 bits per heavy atom. The number of hydrogen-bond acceptors (Lipinski definition) is 1. The van der Waals surface area contributed by atoms with Crippen molar-refractivity contribution in [3.05, 3.63) is 0 Å². The summed E-state index contributed by atoms with van der Waals surface area (Å²) in [7, 11) is 4.41. The van der Waals surface area contributed by atoms with Crippen molar-refractivity contribution in [1.82, 2.24) is 0 Å². The van der Waals surface area contributed by atoms with Crippen molar-refractivity contribution < 1.29 is 38.9 Å². The van der Waals surface area contributed by atoms with Gasteiger partial charge in [0.1, 0.15) is 6.54 Å². The van der Waals surface area contributed by atoms with E-state index in [2.05, 4.69) is 48.7 Å². The van der Waals surface area contributed by atoms with Gasteiger partial charge < -0.3 is 38.9 Å². The van der Waals surface area contributed by atoms with Gasteiger partial charge in [-0.25, -0.2) is 0 Å². The van der Waals surface area contributed by atoms with Crippen LogP contribution in [0.2, 0.25) is 0 Å². The van der Waals surface area contributed by atoms with Crippen LogP contribution in [0.25, 0.3) is 0 Å². The lowest BCUT2D eigenvalue weighted by Crippen LogP contribution is -3.00. The first-order valence-corrected chi connectivity index (χ1v) is 15.1. The van der Waals surface area contributed by atoms with Crippen LogP contribution in [-0.2, 0) is 0 Å². The molecule has 3 nitrogen and oxygen atoms in total. The van der Waals surface area contributed by atoms with E-state index in [4.69, 9.17) is 5.11 Å². The van der Waals surface area contributed by atoms with Crippen LogP contribution in [0, 0.1) is 0 Å². The summed E-state index contributed by atoms with van der Waals surface area (Å²) in [6.07, 6.45) is 22.6. The van der Waals surface area contributed by atoms with Gasteiger partial charge in [0.15, 0.2) is 0 Å². The van der Waals surface area contributed by atoms with Crippen molar-refractivity contribution in [3.63, 3.8) is 0 Å². The Morgan fingerprint density at radius 3 is 1.06 bits per heavy atom. The van der Waals surface area contributed by atoms with Gasteiger partial charge in [-0.2, -0.15) is 0 Å². The largest absolute Gasteiger partial charge is 1.00 e. The number of likely N-dealkylation sites (N-methyl/N-ethyl adjacent to an activating group) is 1. The quantitative estimate of drug-likeness (QED) is 0.137. The second kappa shape index (κ2) is 34.0. The molecule has 0 atom stereocenters. The first-order chi connectivity index (χ1) is 15.9. The molecule has 0 aliphatic carbocycles. The van der Waals surface area contributed by atoms with Crippen LogP contribution in [0.5, 0.6) is 0 Å². The summed E-state index contributed by atoms with van der Waals surface area (Å²) in [6, 6.07) is 0. The van der Waals surface area contributed by atoms with Crippen LogP contribution in [-0.4, -0.2) is 74.0 Å². The Labute approximate surface area is 252 Å². The minimum Gasteiger partial charge on any atom is -1.00 e. The fourth-order valence-corrected chi connectivity index (χ4v) is 4.78. The highest BCUT2D eigenvalue weighted by atomic mass is 79.9. The molecule has 0 heterocycles. The number of halogens is 3. The number of rotatable bonds is 23. The van der Waals surface area contributed by atoms with Gasteiger partial charge in [-0.15, -0.1) is 17.0 Å². The lowest BCUT2D eigenvalue weighted by atomic mass is 10.1. The number of aliphatic hydroxyl groups excluding tert-OH is 1. The zero-order chi connectivity index (χ0) is 25.3. The molecule has 0 aliphatic rings. The number of unbranched alkanes of at least 4 members (excludes halogenated alkanes) is 14. The summed E-state index contributed by atoms with van der Waals surface area (Å²) < 4.78 is 2.29. The minimum absolute atomic E-state index is 0. The third-order valence-electron chi connectivity index (χ3n) is 7.82. The molecule has 0 saturated heterocycles. The maximum absolute atomic E-state index is 8.91. The van der Waals surface area contributed by atoms with Gasteiger partial charge in [0, 0.05) is 0 Å². The third-order valence-corrected chi connectivity index (χ3v) is 7.82. The molecule has 0 spiro atoms. The van der Waals surface area contributed by atoms with Crippen LogP contribution in [0.15, 0.2) is 0 Å². The summed E-state index contributed by atoms with van der Waals surface area (Å²) in [4.78, 5) is 0. The molecular weight excluding hydrogens is 555 g/mol. The monoisotopic (exact) mass is 622 g/mol. The third kappa shape index (κ3) is 31.2. The molecule has 0 aromatic carbocycles. The van der Waals surface area contributed by atoms with Gasteiger partial charge in [-0.1, -0.05) is 90.9 Å². The predicted molar refractivity (Wildman–Crippen MR) is 161 cm³/mol. The SMILES string of the molecule is Br.CCCCCCCCCC[N+](C)(C)CCO.CCCCCCCCCC[N+](CC)(CC)CC.[Cl-].[Cl-]. The number of aliphatic hydroxyl groups is 1. The molecule has 0 amide bonds. The number of hydrogen-bond donors (Lipinski definition) is 1. The number of nitrogens with zero attached hydrogens (tertiary/aromatic N) is 2. The molecule has 1 N–H and O–H groups in total. The molecule has 0 radical (unpaired) electrons. The van der Waals surface area contributed by atoms with Gasteiger partial charge in [0.2, 0.25) is 0 Å². The van der Waals surface area contributed by atoms with Crippen molar-refractivity contribution in [2.75, 3.05) is 60.0 Å². The minimum atomic E-state index is 0. The average molecular weight is 625 g/mol. The van der Waals surface area contributed by atoms with Crippen molar-refractivity contribution in [3.8, 4) is 0 Å². The molecule has 0 aromatic heterocycles. The van der Waals surface area contributed by atoms with E-state index < -0.39 is 0 Å². The Kier molecular flexibility index (Phi) is 44.1. The summed E-state index contributed by atoms with van der Waals surface area (Å²) >= 11 is 0. The van der Waals surface area contributed by atoms with Gasteiger partial charge in [0.25, 0.3) is 0 Å². The summed E-state index contributed by atoms with van der Waals surface area (Å²) in [5.41, 5.74) is 0. The Morgan fingerprint density at radius 2 is 0.750 bits per heavy atom. The Bertz CT molecular complexity index is 376. The normalized spacial score (nSPS) is 11.0. The molecule has 226 valence electrons. The van der Waals surface area contributed by atoms with E-state index in [0.29, 0.717) is 6.61 Å². The van der Waals surface area contributed by atoms with Crippen molar-refractivity contribution in [2.45, 2.75) is 137 Å². The van der Waals surface area contributed by atoms with E-state index in [1.807, 2.05) is 0 Å². The highest BCUT2D eigenvalue weighted by Gasteiger charge is 2.19. The molecule has 36 heavy (non-hydrogen) atoms. The Balaban J connectivity index is -0.000000165. The molecule has 0 aromatic rings. The number of quaternary nitrogens is 2. The van der Waals surface area contributed by atoms with E-state index in [-0.39, 0.29) is 41.8 Å². The van der Waals surface area contributed by atoms with Gasteiger partial charge in [0.05, 0.1) is 53.4 Å². The Hall–Kier alpha value is 0.940. The molecule has 6 heteroatoms. The first-order valence-electron chi connectivity index (χ1n) is 15.1. The molecule has 0 rings (SSSR count). The van der Waals surface area contributed by atoms with Crippen molar-refractivity contribution >= 4 is 17.0 Å². The first kappa shape index (κ1) is 46.8. The molecule has 0 fully saturated rings. The highest BCUT2D eigenvalue weighted by Crippen LogP contribution is 2.13. The molecule has 0 aliphatic heterocycles.